The van der Waals surface area contributed by atoms with E-state index in [-0.39, 0.29) is 18.2 Å². The molecule has 2 amide bonds. The molecule has 0 unspecified atom stereocenters. The van der Waals surface area contributed by atoms with Crippen LogP contribution in [0.5, 0.6) is 0 Å². The molecule has 7 heteroatoms. The van der Waals surface area contributed by atoms with Crippen LogP contribution in [-0.4, -0.2) is 27.6 Å². The van der Waals surface area contributed by atoms with E-state index in [2.05, 4.69) is 15.7 Å². The molecule has 2 aromatic carbocycles. The van der Waals surface area contributed by atoms with Crippen LogP contribution in [0.4, 0.5) is 5.82 Å². The summed E-state index contributed by atoms with van der Waals surface area (Å²) in [5.74, 6) is 0.418. The Kier molecular flexibility index (Phi) is 6.14. The van der Waals surface area contributed by atoms with Crippen molar-refractivity contribution in [3.05, 3.63) is 65.7 Å². The Bertz CT molecular complexity index is 1040. The van der Waals surface area contributed by atoms with Crippen molar-refractivity contribution in [2.24, 2.45) is 0 Å². The Balaban J connectivity index is 1.48. The molecule has 3 aromatic rings. The fourth-order valence-corrected chi connectivity index (χ4v) is 3.35. The first kappa shape index (κ1) is 20.2. The number of carbonyl (C=O) groups excluding carboxylic acids is 2. The second-order valence-electron chi connectivity index (χ2n) is 7.42. The van der Waals surface area contributed by atoms with Crippen LogP contribution in [0.15, 0.2) is 60.7 Å². The van der Waals surface area contributed by atoms with E-state index in [0.717, 1.165) is 29.8 Å². The van der Waals surface area contributed by atoms with Gasteiger partial charge in [0.25, 0.3) is 0 Å². The highest BCUT2D eigenvalue weighted by atomic mass is 35.5. The van der Waals surface area contributed by atoms with Gasteiger partial charge in [-0.15, -0.1) is 0 Å². The van der Waals surface area contributed by atoms with Gasteiger partial charge in [0, 0.05) is 35.5 Å². The predicted molar refractivity (Wildman–Crippen MR) is 118 cm³/mol. The van der Waals surface area contributed by atoms with Gasteiger partial charge in [0.05, 0.1) is 11.4 Å². The second-order valence-corrected chi connectivity index (χ2v) is 7.85. The van der Waals surface area contributed by atoms with Gasteiger partial charge in [-0.25, -0.2) is 4.68 Å². The Labute approximate surface area is 180 Å². The van der Waals surface area contributed by atoms with Crippen molar-refractivity contribution in [3.8, 4) is 16.9 Å². The number of nitrogens with one attached hydrogen (secondary N) is 2. The summed E-state index contributed by atoms with van der Waals surface area (Å²) in [7, 11) is 0. The highest BCUT2D eigenvalue weighted by molar-refractivity contribution is 6.30. The number of amides is 2. The number of carbonyl (C=O) groups is 2. The molecule has 1 heterocycles. The lowest BCUT2D eigenvalue weighted by Gasteiger charge is -2.09. The summed E-state index contributed by atoms with van der Waals surface area (Å²) in [6.45, 7) is 0. The van der Waals surface area contributed by atoms with E-state index in [4.69, 9.17) is 11.6 Å². The fourth-order valence-electron chi connectivity index (χ4n) is 3.17. The minimum absolute atomic E-state index is 0.0145. The summed E-state index contributed by atoms with van der Waals surface area (Å²) in [4.78, 5) is 24.3. The molecule has 2 N–H and O–H groups in total. The lowest BCUT2D eigenvalue weighted by Crippen LogP contribution is -2.25. The Morgan fingerprint density at radius 3 is 2.50 bits per heavy atom. The number of nitrogens with zero attached hydrogens (tertiary/aromatic N) is 2. The molecule has 0 atom stereocenters. The SMILES string of the molecule is O=C(CCCC(=O)NC1CC1)Nc1cc(-c2ccccc2)nn1-c1cccc(Cl)c1. The maximum absolute atomic E-state index is 12.5. The van der Waals surface area contributed by atoms with E-state index < -0.39 is 0 Å². The van der Waals surface area contributed by atoms with Gasteiger partial charge in [-0.05, 0) is 37.5 Å². The first-order valence-electron chi connectivity index (χ1n) is 10.1. The smallest absolute Gasteiger partial charge is 0.225 e. The van der Waals surface area contributed by atoms with Gasteiger partial charge in [0.2, 0.25) is 11.8 Å². The topological polar surface area (TPSA) is 76.0 Å². The largest absolute Gasteiger partial charge is 0.353 e. The minimum Gasteiger partial charge on any atom is -0.353 e. The van der Waals surface area contributed by atoms with Crippen molar-refractivity contribution >= 4 is 29.2 Å². The molecule has 30 heavy (non-hydrogen) atoms. The highest BCUT2D eigenvalue weighted by Gasteiger charge is 2.23. The summed E-state index contributed by atoms with van der Waals surface area (Å²) < 4.78 is 1.67. The van der Waals surface area contributed by atoms with Crippen molar-refractivity contribution < 1.29 is 9.59 Å². The Morgan fingerprint density at radius 2 is 1.77 bits per heavy atom. The lowest BCUT2D eigenvalue weighted by molar-refractivity contribution is -0.121. The van der Waals surface area contributed by atoms with Crippen LogP contribution in [0.25, 0.3) is 16.9 Å². The predicted octanol–water partition coefficient (Wildman–Crippen LogP) is 4.58. The van der Waals surface area contributed by atoms with Crippen molar-refractivity contribution in [1.29, 1.82) is 0 Å². The van der Waals surface area contributed by atoms with Crippen molar-refractivity contribution in [3.63, 3.8) is 0 Å². The van der Waals surface area contributed by atoms with Crippen molar-refractivity contribution in [1.82, 2.24) is 15.1 Å². The zero-order chi connectivity index (χ0) is 20.9. The molecule has 1 fully saturated rings. The lowest BCUT2D eigenvalue weighted by atomic mass is 10.1. The quantitative estimate of drug-likeness (QED) is 0.557. The molecule has 0 saturated heterocycles. The molecule has 0 aliphatic heterocycles. The fraction of sp³-hybridized carbons (Fsp3) is 0.261. The first-order valence-corrected chi connectivity index (χ1v) is 10.5. The monoisotopic (exact) mass is 422 g/mol. The molecule has 6 nitrogen and oxygen atoms in total. The van der Waals surface area contributed by atoms with Gasteiger partial charge in [-0.3, -0.25) is 9.59 Å². The maximum atomic E-state index is 12.5. The number of hydrogen-bond acceptors (Lipinski definition) is 3. The van der Waals surface area contributed by atoms with Gasteiger partial charge in [0.15, 0.2) is 0 Å². The van der Waals surface area contributed by atoms with E-state index in [1.165, 1.54) is 0 Å². The van der Waals surface area contributed by atoms with Crippen LogP contribution in [0.3, 0.4) is 0 Å². The molecule has 1 saturated carbocycles. The Morgan fingerprint density at radius 1 is 1.00 bits per heavy atom. The number of aromatic nitrogens is 2. The molecule has 1 aliphatic rings. The molecule has 1 aliphatic carbocycles. The number of rotatable bonds is 8. The van der Waals surface area contributed by atoms with Gasteiger partial charge in [0.1, 0.15) is 5.82 Å². The molecule has 0 radical (unpaired) electrons. The molecule has 154 valence electrons. The third kappa shape index (κ3) is 5.27. The third-order valence-corrected chi connectivity index (χ3v) is 5.08. The van der Waals surface area contributed by atoms with E-state index >= 15 is 0 Å². The average Bonchev–Trinajstić information content (AvgIpc) is 3.45. The standard InChI is InChI=1S/C23H23ClN4O2/c24-17-8-4-9-19(14-17)28-21(15-20(27-28)16-6-2-1-3-7-16)26-23(30)11-5-10-22(29)25-18-12-13-18/h1-4,6-9,14-15,18H,5,10-13H2,(H,25,29)(H,26,30). The molecule has 0 bridgehead atoms. The van der Waals surface area contributed by atoms with Crippen LogP contribution in [0, 0.1) is 0 Å². The third-order valence-electron chi connectivity index (χ3n) is 4.85. The van der Waals surface area contributed by atoms with Gasteiger partial charge >= 0.3 is 0 Å². The normalized spacial score (nSPS) is 13.1. The summed E-state index contributed by atoms with van der Waals surface area (Å²) >= 11 is 6.15. The zero-order valence-electron chi connectivity index (χ0n) is 16.5. The Hall–Kier alpha value is -3.12. The second kappa shape index (κ2) is 9.13. The molecule has 4 rings (SSSR count). The van der Waals surface area contributed by atoms with Crippen LogP contribution < -0.4 is 10.6 Å². The summed E-state index contributed by atoms with van der Waals surface area (Å²) in [6.07, 6.45) is 3.24. The van der Waals surface area contributed by atoms with E-state index in [1.54, 1.807) is 16.8 Å². The molecule has 0 spiro atoms. The summed E-state index contributed by atoms with van der Waals surface area (Å²) in [6, 6.07) is 19.2. The number of benzene rings is 2. The van der Waals surface area contributed by atoms with Crippen LogP contribution in [0.2, 0.25) is 5.02 Å². The first-order chi connectivity index (χ1) is 14.6. The summed E-state index contributed by atoms with van der Waals surface area (Å²) in [5, 5.41) is 11.1. The van der Waals surface area contributed by atoms with Crippen LogP contribution in [-0.2, 0) is 9.59 Å². The van der Waals surface area contributed by atoms with Gasteiger partial charge < -0.3 is 10.6 Å². The zero-order valence-corrected chi connectivity index (χ0v) is 17.2. The number of hydrogen-bond donors (Lipinski definition) is 2. The molecular formula is C23H23ClN4O2. The number of halogens is 1. The van der Waals surface area contributed by atoms with Crippen LogP contribution >= 0.6 is 11.6 Å². The van der Waals surface area contributed by atoms with E-state index in [0.29, 0.717) is 29.7 Å². The molecule has 1 aromatic heterocycles. The molecular weight excluding hydrogens is 400 g/mol. The van der Waals surface area contributed by atoms with Crippen molar-refractivity contribution in [2.45, 2.75) is 38.1 Å². The summed E-state index contributed by atoms with van der Waals surface area (Å²) in [5.41, 5.74) is 2.45. The van der Waals surface area contributed by atoms with Gasteiger partial charge in [-0.2, -0.15) is 5.10 Å². The maximum Gasteiger partial charge on any atom is 0.225 e. The van der Waals surface area contributed by atoms with Crippen LogP contribution in [0.1, 0.15) is 32.1 Å². The average molecular weight is 423 g/mol. The van der Waals surface area contributed by atoms with Gasteiger partial charge in [-0.1, -0.05) is 48.0 Å². The van der Waals surface area contributed by atoms with E-state index in [9.17, 15) is 9.59 Å². The highest BCUT2D eigenvalue weighted by Crippen LogP contribution is 2.26. The minimum atomic E-state index is -0.156. The van der Waals surface area contributed by atoms with E-state index in [1.807, 2.05) is 48.5 Å². The number of anilines is 1. The van der Waals surface area contributed by atoms with Crippen molar-refractivity contribution in [2.75, 3.05) is 5.32 Å².